The van der Waals surface area contributed by atoms with Gasteiger partial charge >= 0.3 is 0 Å². The molecule has 1 N–H and O–H groups in total. The smallest absolute Gasteiger partial charge is 0.160 e. The van der Waals surface area contributed by atoms with Crippen LogP contribution in [0.25, 0.3) is 0 Å². The van der Waals surface area contributed by atoms with Crippen molar-refractivity contribution < 1.29 is 4.74 Å². The molecule has 0 spiro atoms. The van der Waals surface area contributed by atoms with E-state index in [1.54, 1.807) is 7.11 Å². The Morgan fingerprint density at radius 2 is 2.05 bits per heavy atom. The third-order valence-electron chi connectivity index (χ3n) is 4.45. The summed E-state index contributed by atoms with van der Waals surface area (Å²) in [7, 11) is 1.79. The standard InChI is InChI=1S/C16H27N3O/c1-5-17-12(2)14-11-18-15(19-13(14)3)16(20-4)9-7-6-8-10-16/h11-12,17H,5-10H2,1-4H3. The molecule has 4 heteroatoms. The summed E-state index contributed by atoms with van der Waals surface area (Å²) in [6.45, 7) is 7.29. The van der Waals surface area contributed by atoms with Crippen LogP contribution in [-0.4, -0.2) is 23.6 Å². The number of methoxy groups -OCH3 is 1. The second kappa shape index (κ2) is 6.64. The lowest BCUT2D eigenvalue weighted by atomic mass is 9.83. The Balaban J connectivity index is 2.27. The predicted octanol–water partition coefficient (Wildman–Crippen LogP) is 3.26. The molecule has 0 bridgehead atoms. The van der Waals surface area contributed by atoms with Gasteiger partial charge in [-0.1, -0.05) is 26.2 Å². The quantitative estimate of drug-likeness (QED) is 0.897. The van der Waals surface area contributed by atoms with Crippen LogP contribution < -0.4 is 5.32 Å². The van der Waals surface area contributed by atoms with E-state index in [0.717, 1.165) is 30.9 Å². The van der Waals surface area contributed by atoms with Crippen LogP contribution >= 0.6 is 0 Å². The zero-order chi connectivity index (χ0) is 14.6. The Labute approximate surface area is 122 Å². The van der Waals surface area contributed by atoms with Crippen LogP contribution in [0.15, 0.2) is 6.20 Å². The second-order valence-electron chi connectivity index (χ2n) is 5.77. The summed E-state index contributed by atoms with van der Waals surface area (Å²) in [5.74, 6) is 0.865. The van der Waals surface area contributed by atoms with Crippen molar-refractivity contribution in [1.29, 1.82) is 0 Å². The van der Waals surface area contributed by atoms with Gasteiger partial charge in [-0.15, -0.1) is 0 Å². The van der Waals surface area contributed by atoms with Gasteiger partial charge in [0.1, 0.15) is 5.60 Å². The molecule has 1 aliphatic rings. The highest BCUT2D eigenvalue weighted by molar-refractivity contribution is 5.22. The first-order valence-electron chi connectivity index (χ1n) is 7.75. The van der Waals surface area contributed by atoms with Crippen LogP contribution in [-0.2, 0) is 10.3 Å². The van der Waals surface area contributed by atoms with E-state index in [1.165, 1.54) is 24.8 Å². The first kappa shape index (κ1) is 15.4. The van der Waals surface area contributed by atoms with Gasteiger partial charge in [0.2, 0.25) is 0 Å². The molecule has 112 valence electrons. The largest absolute Gasteiger partial charge is 0.370 e. The minimum Gasteiger partial charge on any atom is -0.370 e. The zero-order valence-corrected chi connectivity index (χ0v) is 13.2. The molecule has 1 aromatic heterocycles. The molecule has 1 unspecified atom stereocenters. The molecule has 0 radical (unpaired) electrons. The van der Waals surface area contributed by atoms with Gasteiger partial charge in [-0.25, -0.2) is 9.97 Å². The molecular formula is C16H27N3O. The molecule has 1 heterocycles. The van der Waals surface area contributed by atoms with Crippen molar-refractivity contribution in [3.8, 4) is 0 Å². The number of hydrogen-bond acceptors (Lipinski definition) is 4. The number of aryl methyl sites for hydroxylation is 1. The van der Waals surface area contributed by atoms with E-state index in [-0.39, 0.29) is 5.60 Å². The third-order valence-corrected chi connectivity index (χ3v) is 4.45. The number of nitrogens with one attached hydrogen (secondary N) is 1. The van der Waals surface area contributed by atoms with Gasteiger partial charge in [0.25, 0.3) is 0 Å². The minimum absolute atomic E-state index is 0.261. The maximum Gasteiger partial charge on any atom is 0.160 e. The zero-order valence-electron chi connectivity index (χ0n) is 13.2. The lowest BCUT2D eigenvalue weighted by Gasteiger charge is -2.34. The van der Waals surface area contributed by atoms with Crippen molar-refractivity contribution in [2.75, 3.05) is 13.7 Å². The molecule has 0 aliphatic heterocycles. The SMILES string of the molecule is CCNC(C)c1cnc(C2(OC)CCCCC2)nc1C. The molecule has 1 saturated carbocycles. The van der Waals surface area contributed by atoms with E-state index in [9.17, 15) is 0 Å². The summed E-state index contributed by atoms with van der Waals surface area (Å²) in [4.78, 5) is 9.40. The highest BCUT2D eigenvalue weighted by atomic mass is 16.5. The first-order valence-corrected chi connectivity index (χ1v) is 7.75. The van der Waals surface area contributed by atoms with E-state index in [4.69, 9.17) is 9.72 Å². The molecule has 1 aliphatic carbocycles. The van der Waals surface area contributed by atoms with Crippen LogP contribution in [0, 0.1) is 6.92 Å². The third kappa shape index (κ3) is 3.01. The number of aromatic nitrogens is 2. The Bertz CT molecular complexity index is 441. The number of rotatable bonds is 5. The number of hydrogen-bond donors (Lipinski definition) is 1. The summed E-state index contributed by atoms with van der Waals surface area (Å²) in [6, 6.07) is 0.291. The highest BCUT2D eigenvalue weighted by Crippen LogP contribution is 2.38. The van der Waals surface area contributed by atoms with Gasteiger partial charge in [0.15, 0.2) is 5.82 Å². The minimum atomic E-state index is -0.261. The maximum atomic E-state index is 5.83. The van der Waals surface area contributed by atoms with Crippen molar-refractivity contribution in [3.63, 3.8) is 0 Å². The van der Waals surface area contributed by atoms with Gasteiger partial charge in [-0.05, 0) is 33.2 Å². The molecular weight excluding hydrogens is 250 g/mol. The number of nitrogens with zero attached hydrogens (tertiary/aromatic N) is 2. The van der Waals surface area contributed by atoms with Crippen molar-refractivity contribution in [1.82, 2.24) is 15.3 Å². The average Bonchev–Trinajstić information content (AvgIpc) is 2.48. The van der Waals surface area contributed by atoms with Crippen LogP contribution in [0.3, 0.4) is 0 Å². The van der Waals surface area contributed by atoms with Crippen LogP contribution in [0.1, 0.15) is 69.1 Å². The summed E-state index contributed by atoms with van der Waals surface area (Å²) in [5.41, 5.74) is 1.98. The number of ether oxygens (including phenoxy) is 1. The summed E-state index contributed by atoms with van der Waals surface area (Å²) < 4.78 is 5.83. The van der Waals surface area contributed by atoms with Gasteiger partial charge in [0.05, 0.1) is 0 Å². The molecule has 0 saturated heterocycles. The highest BCUT2D eigenvalue weighted by Gasteiger charge is 2.37. The van der Waals surface area contributed by atoms with E-state index in [1.807, 2.05) is 6.20 Å². The fraction of sp³-hybridized carbons (Fsp3) is 0.750. The maximum absolute atomic E-state index is 5.83. The molecule has 1 atom stereocenters. The van der Waals surface area contributed by atoms with Crippen molar-refractivity contribution in [2.45, 2.75) is 64.5 Å². The summed E-state index contributed by atoms with van der Waals surface area (Å²) in [5, 5.41) is 3.41. The molecule has 1 fully saturated rings. The molecule has 2 rings (SSSR count). The Morgan fingerprint density at radius 1 is 1.35 bits per heavy atom. The molecule has 0 amide bonds. The van der Waals surface area contributed by atoms with Crippen LogP contribution in [0.2, 0.25) is 0 Å². The molecule has 20 heavy (non-hydrogen) atoms. The molecule has 4 nitrogen and oxygen atoms in total. The first-order chi connectivity index (χ1) is 9.63. The Morgan fingerprint density at radius 3 is 2.60 bits per heavy atom. The predicted molar refractivity (Wildman–Crippen MR) is 80.6 cm³/mol. The lowest BCUT2D eigenvalue weighted by molar-refractivity contribution is -0.0516. The second-order valence-corrected chi connectivity index (χ2v) is 5.77. The van der Waals surface area contributed by atoms with Gasteiger partial charge < -0.3 is 10.1 Å². The van der Waals surface area contributed by atoms with Gasteiger partial charge in [-0.2, -0.15) is 0 Å². The fourth-order valence-electron chi connectivity index (χ4n) is 3.18. The van der Waals surface area contributed by atoms with E-state index >= 15 is 0 Å². The van der Waals surface area contributed by atoms with E-state index in [2.05, 4.69) is 31.1 Å². The van der Waals surface area contributed by atoms with E-state index in [0.29, 0.717) is 6.04 Å². The van der Waals surface area contributed by atoms with Gasteiger partial charge in [-0.3, -0.25) is 0 Å². The molecule has 0 aromatic carbocycles. The fourth-order valence-corrected chi connectivity index (χ4v) is 3.18. The van der Waals surface area contributed by atoms with Gasteiger partial charge in [0, 0.05) is 30.6 Å². The topological polar surface area (TPSA) is 47.0 Å². The Kier molecular flexibility index (Phi) is 5.11. The normalized spacial score (nSPS) is 19.8. The van der Waals surface area contributed by atoms with Crippen molar-refractivity contribution >= 4 is 0 Å². The van der Waals surface area contributed by atoms with Crippen LogP contribution in [0.4, 0.5) is 0 Å². The lowest BCUT2D eigenvalue weighted by Crippen LogP contribution is -2.34. The van der Waals surface area contributed by atoms with E-state index < -0.39 is 0 Å². The summed E-state index contributed by atoms with van der Waals surface area (Å²) >= 11 is 0. The van der Waals surface area contributed by atoms with Crippen molar-refractivity contribution in [2.24, 2.45) is 0 Å². The summed E-state index contributed by atoms with van der Waals surface area (Å²) in [6.07, 6.45) is 7.73. The molecule has 1 aromatic rings. The van der Waals surface area contributed by atoms with Crippen molar-refractivity contribution in [3.05, 3.63) is 23.3 Å². The van der Waals surface area contributed by atoms with Crippen LogP contribution in [0.5, 0.6) is 0 Å². The average molecular weight is 277 g/mol. The Hall–Kier alpha value is -1.00. The monoisotopic (exact) mass is 277 g/mol.